The van der Waals surface area contributed by atoms with E-state index in [0.29, 0.717) is 12.5 Å². The smallest absolute Gasteiger partial charge is 0.165 e. The first kappa shape index (κ1) is 17.2. The van der Waals surface area contributed by atoms with Crippen molar-refractivity contribution in [3.8, 4) is 11.1 Å². The summed E-state index contributed by atoms with van der Waals surface area (Å²) in [5.74, 6) is 1.27. The predicted octanol–water partition coefficient (Wildman–Crippen LogP) is 4.84. The molecule has 0 bridgehead atoms. The summed E-state index contributed by atoms with van der Waals surface area (Å²) in [4.78, 5) is 9.12. The van der Waals surface area contributed by atoms with Gasteiger partial charge < -0.3 is 5.32 Å². The van der Waals surface area contributed by atoms with Crippen LogP contribution in [0, 0.1) is 6.92 Å². The van der Waals surface area contributed by atoms with Gasteiger partial charge in [-0.25, -0.2) is 4.98 Å². The highest BCUT2D eigenvalue weighted by molar-refractivity contribution is 5.81. The van der Waals surface area contributed by atoms with Gasteiger partial charge in [0.25, 0.3) is 0 Å². The lowest BCUT2D eigenvalue weighted by Gasteiger charge is -2.12. The van der Waals surface area contributed by atoms with Crippen molar-refractivity contribution in [2.24, 2.45) is 0 Å². The molecule has 0 unspecified atom stereocenters. The summed E-state index contributed by atoms with van der Waals surface area (Å²) in [5.41, 5.74) is 6.26. The molecule has 0 radical (unpaired) electrons. The van der Waals surface area contributed by atoms with E-state index in [-0.39, 0.29) is 0 Å². The van der Waals surface area contributed by atoms with Crippen molar-refractivity contribution in [1.29, 1.82) is 0 Å². The second-order valence-corrected chi connectivity index (χ2v) is 7.00. The Morgan fingerprint density at radius 2 is 1.89 bits per heavy atom. The zero-order valence-electron chi connectivity index (χ0n) is 15.8. The number of anilines is 1. The number of hydrogen-bond acceptors (Lipinski definition) is 4. The predicted molar refractivity (Wildman–Crippen MR) is 109 cm³/mol. The summed E-state index contributed by atoms with van der Waals surface area (Å²) in [7, 11) is 0. The quantitative estimate of drug-likeness (QED) is 0.555. The Kier molecular flexibility index (Phi) is 4.59. The first-order valence-electron chi connectivity index (χ1n) is 9.22. The van der Waals surface area contributed by atoms with Gasteiger partial charge in [-0.2, -0.15) is 9.61 Å². The third-order valence-electron chi connectivity index (χ3n) is 4.63. The lowest BCUT2D eigenvalue weighted by atomic mass is 10.1. The molecule has 0 amide bonds. The van der Waals surface area contributed by atoms with Gasteiger partial charge in [0.15, 0.2) is 5.65 Å². The first-order chi connectivity index (χ1) is 13.1. The van der Waals surface area contributed by atoms with Crippen LogP contribution in [0.5, 0.6) is 0 Å². The normalized spacial score (nSPS) is 11.3. The van der Waals surface area contributed by atoms with Crippen LogP contribution in [0.3, 0.4) is 0 Å². The summed E-state index contributed by atoms with van der Waals surface area (Å²) in [6.07, 6.45) is 3.66. The summed E-state index contributed by atoms with van der Waals surface area (Å²) >= 11 is 0. The van der Waals surface area contributed by atoms with Gasteiger partial charge in [0.2, 0.25) is 0 Å². The maximum Gasteiger partial charge on any atom is 0.165 e. The lowest BCUT2D eigenvalue weighted by Crippen LogP contribution is -2.08. The van der Waals surface area contributed by atoms with E-state index in [4.69, 9.17) is 10.1 Å². The van der Waals surface area contributed by atoms with Gasteiger partial charge in [0.1, 0.15) is 5.82 Å². The molecule has 5 heteroatoms. The van der Waals surface area contributed by atoms with E-state index in [1.807, 2.05) is 41.9 Å². The number of nitrogens with zero attached hydrogens (tertiary/aromatic N) is 4. The van der Waals surface area contributed by atoms with E-state index in [9.17, 15) is 0 Å². The summed E-state index contributed by atoms with van der Waals surface area (Å²) in [5, 5.41) is 8.29. The number of aromatic nitrogens is 4. The number of benzene rings is 1. The van der Waals surface area contributed by atoms with E-state index in [2.05, 4.69) is 48.4 Å². The van der Waals surface area contributed by atoms with E-state index in [1.54, 1.807) is 6.20 Å². The maximum atomic E-state index is 4.94. The Balaban J connectivity index is 1.83. The molecule has 0 aliphatic carbocycles. The Morgan fingerprint density at radius 1 is 1.07 bits per heavy atom. The zero-order valence-corrected chi connectivity index (χ0v) is 15.8. The second kappa shape index (κ2) is 7.19. The molecule has 0 atom stereocenters. The van der Waals surface area contributed by atoms with Gasteiger partial charge in [0.05, 0.1) is 5.69 Å². The molecule has 0 saturated carbocycles. The van der Waals surface area contributed by atoms with Crippen LogP contribution in [0.2, 0.25) is 0 Å². The van der Waals surface area contributed by atoms with Crippen molar-refractivity contribution in [1.82, 2.24) is 19.6 Å². The molecule has 0 saturated heterocycles. The number of fused-ring (bicyclic) bond motifs is 1. The lowest BCUT2D eigenvalue weighted by molar-refractivity contribution is 0.806. The Bertz CT molecular complexity index is 1050. The minimum atomic E-state index is 0.327. The van der Waals surface area contributed by atoms with Crippen LogP contribution in [0.4, 0.5) is 5.82 Å². The molecule has 27 heavy (non-hydrogen) atoms. The van der Waals surface area contributed by atoms with Crippen molar-refractivity contribution in [2.45, 2.75) is 33.2 Å². The van der Waals surface area contributed by atoms with Gasteiger partial charge >= 0.3 is 0 Å². The highest BCUT2D eigenvalue weighted by Crippen LogP contribution is 2.30. The fourth-order valence-corrected chi connectivity index (χ4v) is 3.20. The van der Waals surface area contributed by atoms with Crippen molar-refractivity contribution in [2.75, 3.05) is 5.32 Å². The van der Waals surface area contributed by atoms with E-state index in [1.165, 1.54) is 0 Å². The number of pyridine rings is 1. The van der Waals surface area contributed by atoms with E-state index in [0.717, 1.165) is 39.5 Å². The molecular weight excluding hydrogens is 334 g/mol. The maximum absolute atomic E-state index is 4.94. The number of rotatable bonds is 5. The summed E-state index contributed by atoms with van der Waals surface area (Å²) in [6, 6.07) is 16.4. The van der Waals surface area contributed by atoms with Gasteiger partial charge in [-0.3, -0.25) is 4.98 Å². The fourth-order valence-electron chi connectivity index (χ4n) is 3.20. The second-order valence-electron chi connectivity index (χ2n) is 7.00. The monoisotopic (exact) mass is 357 g/mol. The number of hydrogen-bond donors (Lipinski definition) is 1. The molecule has 136 valence electrons. The minimum absolute atomic E-state index is 0.327. The molecule has 3 heterocycles. The molecule has 1 aromatic carbocycles. The van der Waals surface area contributed by atoms with Crippen molar-refractivity contribution >= 4 is 11.5 Å². The average molecular weight is 357 g/mol. The van der Waals surface area contributed by atoms with Gasteiger partial charge in [-0.05, 0) is 30.0 Å². The molecule has 5 nitrogen and oxygen atoms in total. The molecule has 0 spiro atoms. The SMILES string of the molecule is Cc1nn2c(NCc3cccnc3)cc(C(C)C)nc2c1-c1ccccc1. The molecule has 3 aromatic heterocycles. The van der Waals surface area contributed by atoms with Crippen LogP contribution in [0.15, 0.2) is 60.9 Å². The molecule has 0 aliphatic heterocycles. The fraction of sp³-hybridized carbons (Fsp3) is 0.227. The molecule has 1 N–H and O–H groups in total. The summed E-state index contributed by atoms with van der Waals surface area (Å²) < 4.78 is 1.92. The molecule has 4 aromatic rings. The van der Waals surface area contributed by atoms with Gasteiger partial charge in [-0.1, -0.05) is 50.2 Å². The molecule has 0 aliphatic rings. The Labute approximate surface area is 159 Å². The Hall–Kier alpha value is -3.21. The van der Waals surface area contributed by atoms with Crippen LogP contribution >= 0.6 is 0 Å². The van der Waals surface area contributed by atoms with Crippen LogP contribution in [0.25, 0.3) is 16.8 Å². The zero-order chi connectivity index (χ0) is 18.8. The van der Waals surface area contributed by atoms with Gasteiger partial charge in [0, 0.05) is 36.3 Å². The Morgan fingerprint density at radius 3 is 2.59 bits per heavy atom. The van der Waals surface area contributed by atoms with Crippen LogP contribution < -0.4 is 5.32 Å². The molecule has 0 fully saturated rings. The van der Waals surface area contributed by atoms with E-state index < -0.39 is 0 Å². The van der Waals surface area contributed by atoms with Crippen LogP contribution in [0.1, 0.15) is 36.7 Å². The third kappa shape index (κ3) is 3.40. The highest BCUT2D eigenvalue weighted by atomic mass is 15.3. The number of aryl methyl sites for hydroxylation is 1. The molecule has 4 rings (SSSR count). The highest BCUT2D eigenvalue weighted by Gasteiger charge is 2.17. The topological polar surface area (TPSA) is 55.1 Å². The number of nitrogens with one attached hydrogen (secondary N) is 1. The third-order valence-corrected chi connectivity index (χ3v) is 4.63. The first-order valence-corrected chi connectivity index (χ1v) is 9.22. The van der Waals surface area contributed by atoms with Crippen molar-refractivity contribution in [3.63, 3.8) is 0 Å². The standard InChI is InChI=1S/C22H23N5/c1-15(2)19-12-20(24-14-17-8-7-11-23-13-17)27-22(25-19)21(16(3)26-27)18-9-5-4-6-10-18/h4-13,15,24H,14H2,1-3H3. The average Bonchev–Trinajstić information content (AvgIpc) is 3.03. The summed E-state index contributed by atoms with van der Waals surface area (Å²) in [6.45, 7) is 7.05. The van der Waals surface area contributed by atoms with Gasteiger partial charge in [-0.15, -0.1) is 0 Å². The largest absolute Gasteiger partial charge is 0.366 e. The van der Waals surface area contributed by atoms with Crippen molar-refractivity contribution in [3.05, 3.63) is 77.9 Å². The van der Waals surface area contributed by atoms with Crippen LogP contribution in [-0.4, -0.2) is 19.6 Å². The van der Waals surface area contributed by atoms with Crippen LogP contribution in [-0.2, 0) is 6.54 Å². The molecular formula is C22H23N5. The van der Waals surface area contributed by atoms with E-state index >= 15 is 0 Å². The van der Waals surface area contributed by atoms with Crippen molar-refractivity contribution < 1.29 is 0 Å². The minimum Gasteiger partial charge on any atom is -0.366 e.